The van der Waals surface area contributed by atoms with E-state index in [2.05, 4.69) is 29.5 Å². The van der Waals surface area contributed by atoms with E-state index in [4.69, 9.17) is 9.73 Å². The minimum Gasteiger partial charge on any atom is -0.494 e. The highest BCUT2D eigenvalue weighted by atomic mass is 16.5. The maximum absolute atomic E-state index is 12.7. The van der Waals surface area contributed by atoms with Crippen molar-refractivity contribution < 1.29 is 9.53 Å². The quantitative estimate of drug-likeness (QED) is 0.531. The first-order valence-corrected chi connectivity index (χ1v) is 10.6. The van der Waals surface area contributed by atoms with Crippen LogP contribution in [0.4, 0.5) is 5.69 Å². The van der Waals surface area contributed by atoms with Crippen LogP contribution in [0.25, 0.3) is 0 Å². The monoisotopic (exact) mass is 412 g/mol. The molecule has 30 heavy (non-hydrogen) atoms. The van der Waals surface area contributed by atoms with Gasteiger partial charge in [-0.05, 0) is 37.5 Å². The minimum absolute atomic E-state index is 0.0561. The van der Waals surface area contributed by atoms with Crippen molar-refractivity contribution in [2.24, 2.45) is 12.0 Å². The molecule has 0 unspecified atom stereocenters. The summed E-state index contributed by atoms with van der Waals surface area (Å²) in [4.78, 5) is 21.3. The molecule has 3 rings (SSSR count). The lowest BCUT2D eigenvalue weighted by molar-refractivity contribution is -0.120. The summed E-state index contributed by atoms with van der Waals surface area (Å²) in [5.41, 5.74) is 2.04. The second kappa shape index (κ2) is 10.7. The third-order valence-electron chi connectivity index (χ3n) is 4.89. The van der Waals surface area contributed by atoms with Gasteiger partial charge in [-0.25, -0.2) is 0 Å². The minimum atomic E-state index is 0.0561. The lowest BCUT2D eigenvalue weighted by atomic mass is 10.1. The summed E-state index contributed by atoms with van der Waals surface area (Å²) in [6, 6.07) is 8.18. The molecule has 1 aromatic heterocycles. The highest BCUT2D eigenvalue weighted by Gasteiger charge is 2.27. The van der Waals surface area contributed by atoms with Gasteiger partial charge in [0.25, 0.3) is 0 Å². The molecule has 8 nitrogen and oxygen atoms in total. The van der Waals surface area contributed by atoms with Gasteiger partial charge in [0.1, 0.15) is 12.3 Å². The number of aliphatic imine (C=N–C) groups is 1. The molecule has 1 aliphatic rings. The normalized spacial score (nSPS) is 14.9. The molecular formula is C22H32N6O2. The summed E-state index contributed by atoms with van der Waals surface area (Å²) >= 11 is 0. The van der Waals surface area contributed by atoms with Gasteiger partial charge in [-0.15, -0.1) is 0 Å². The molecule has 2 heterocycles. The van der Waals surface area contributed by atoms with Crippen molar-refractivity contribution in [3.8, 4) is 5.75 Å². The third-order valence-corrected chi connectivity index (χ3v) is 4.89. The van der Waals surface area contributed by atoms with Crippen LogP contribution in [0.2, 0.25) is 0 Å². The summed E-state index contributed by atoms with van der Waals surface area (Å²) in [6.07, 6.45) is 5.41. The fraction of sp³-hybridized carbons (Fsp3) is 0.500. The fourth-order valence-electron chi connectivity index (χ4n) is 3.40. The Morgan fingerprint density at radius 2 is 2.17 bits per heavy atom. The number of hydrogen-bond acceptors (Lipinski definition) is 4. The smallest absolute Gasteiger partial charge is 0.246 e. The van der Waals surface area contributed by atoms with Crippen LogP contribution in [-0.2, 0) is 18.3 Å². The van der Waals surface area contributed by atoms with Crippen LogP contribution in [0.1, 0.15) is 25.8 Å². The number of rotatable bonds is 8. The Kier molecular flexibility index (Phi) is 7.70. The molecule has 8 heteroatoms. The molecule has 1 aliphatic heterocycles. The number of aromatic nitrogens is 2. The van der Waals surface area contributed by atoms with Crippen LogP contribution >= 0.6 is 0 Å². The molecule has 0 bridgehead atoms. The Morgan fingerprint density at radius 1 is 1.30 bits per heavy atom. The average molecular weight is 413 g/mol. The first kappa shape index (κ1) is 21.7. The second-order valence-corrected chi connectivity index (χ2v) is 7.32. The summed E-state index contributed by atoms with van der Waals surface area (Å²) < 4.78 is 7.42. The Morgan fingerprint density at radius 3 is 2.87 bits per heavy atom. The summed E-state index contributed by atoms with van der Waals surface area (Å²) in [7, 11) is 1.85. The Balaban J connectivity index is 1.59. The molecule has 2 aromatic rings. The van der Waals surface area contributed by atoms with Crippen LogP contribution in [0.15, 0.2) is 41.7 Å². The van der Waals surface area contributed by atoms with E-state index < -0.39 is 0 Å². The van der Waals surface area contributed by atoms with E-state index in [9.17, 15) is 4.79 Å². The van der Waals surface area contributed by atoms with Gasteiger partial charge < -0.3 is 19.9 Å². The maximum atomic E-state index is 12.7. The Labute approximate surface area is 178 Å². The topological polar surface area (TPSA) is 75.0 Å². The van der Waals surface area contributed by atoms with Crippen molar-refractivity contribution >= 4 is 17.6 Å². The highest BCUT2D eigenvalue weighted by molar-refractivity contribution is 5.98. The first-order valence-electron chi connectivity index (χ1n) is 10.6. The van der Waals surface area contributed by atoms with Gasteiger partial charge in [-0.2, -0.15) is 5.10 Å². The molecular weight excluding hydrogens is 380 g/mol. The molecule has 1 saturated heterocycles. The van der Waals surface area contributed by atoms with Crippen LogP contribution < -0.4 is 15.0 Å². The molecule has 0 radical (unpaired) electrons. The maximum Gasteiger partial charge on any atom is 0.246 e. The SMILES string of the molecule is CCCOc1cccc(CCN=C(NCC)N2CCN(c3cnn(C)c3)C(=O)C2)c1. The van der Waals surface area contributed by atoms with Crippen molar-refractivity contribution in [2.75, 3.05) is 44.2 Å². The van der Waals surface area contributed by atoms with Gasteiger partial charge in [0.2, 0.25) is 5.91 Å². The van der Waals surface area contributed by atoms with Crippen LogP contribution in [0.3, 0.4) is 0 Å². The lowest BCUT2D eigenvalue weighted by Gasteiger charge is -2.35. The number of hydrogen-bond donors (Lipinski definition) is 1. The van der Waals surface area contributed by atoms with Crippen molar-refractivity contribution in [3.05, 3.63) is 42.2 Å². The molecule has 0 saturated carbocycles. The van der Waals surface area contributed by atoms with E-state index in [0.717, 1.165) is 49.9 Å². The summed E-state index contributed by atoms with van der Waals surface area (Å²) in [5, 5.41) is 7.49. The van der Waals surface area contributed by atoms with E-state index in [1.54, 1.807) is 15.8 Å². The average Bonchev–Trinajstić information content (AvgIpc) is 3.18. The zero-order valence-corrected chi connectivity index (χ0v) is 18.2. The Hall–Kier alpha value is -3.03. The highest BCUT2D eigenvalue weighted by Crippen LogP contribution is 2.17. The Bertz CT molecular complexity index is 863. The third kappa shape index (κ3) is 5.75. The van der Waals surface area contributed by atoms with E-state index in [0.29, 0.717) is 19.6 Å². The van der Waals surface area contributed by atoms with Gasteiger partial charge in [-0.3, -0.25) is 14.5 Å². The zero-order valence-electron chi connectivity index (χ0n) is 18.2. The number of benzene rings is 1. The number of carbonyl (C=O) groups is 1. The van der Waals surface area contributed by atoms with E-state index in [1.165, 1.54) is 5.56 Å². The number of aryl methyl sites for hydroxylation is 1. The number of piperazine rings is 1. The molecule has 1 N–H and O–H groups in total. The number of nitrogens with one attached hydrogen (secondary N) is 1. The van der Waals surface area contributed by atoms with Gasteiger partial charge in [0, 0.05) is 39.4 Å². The van der Waals surface area contributed by atoms with Crippen LogP contribution in [0, 0.1) is 0 Å². The van der Waals surface area contributed by atoms with Crippen molar-refractivity contribution in [2.45, 2.75) is 26.7 Å². The van der Waals surface area contributed by atoms with Crippen molar-refractivity contribution in [1.29, 1.82) is 0 Å². The van der Waals surface area contributed by atoms with Crippen molar-refractivity contribution in [1.82, 2.24) is 20.0 Å². The number of ether oxygens (including phenoxy) is 1. The van der Waals surface area contributed by atoms with E-state index in [1.807, 2.05) is 37.2 Å². The predicted molar refractivity (Wildman–Crippen MR) is 119 cm³/mol. The lowest BCUT2D eigenvalue weighted by Crippen LogP contribution is -2.55. The molecule has 0 atom stereocenters. The number of amides is 1. The predicted octanol–water partition coefficient (Wildman–Crippen LogP) is 2.07. The molecule has 0 spiro atoms. The summed E-state index contributed by atoms with van der Waals surface area (Å²) in [5.74, 6) is 1.75. The molecule has 0 aliphatic carbocycles. The fourth-order valence-corrected chi connectivity index (χ4v) is 3.40. The van der Waals surface area contributed by atoms with Gasteiger partial charge >= 0.3 is 0 Å². The first-order chi connectivity index (χ1) is 14.6. The van der Waals surface area contributed by atoms with E-state index in [-0.39, 0.29) is 5.91 Å². The molecule has 1 fully saturated rings. The van der Waals surface area contributed by atoms with Crippen LogP contribution in [0.5, 0.6) is 5.75 Å². The molecule has 162 valence electrons. The van der Waals surface area contributed by atoms with Gasteiger partial charge in [0.15, 0.2) is 5.96 Å². The second-order valence-electron chi connectivity index (χ2n) is 7.32. The van der Waals surface area contributed by atoms with Gasteiger partial charge in [0.05, 0.1) is 18.5 Å². The number of carbonyl (C=O) groups excluding carboxylic acids is 1. The van der Waals surface area contributed by atoms with Crippen LogP contribution in [-0.4, -0.2) is 65.9 Å². The number of nitrogens with zero attached hydrogens (tertiary/aromatic N) is 5. The number of guanidine groups is 1. The standard InChI is InChI=1S/C22H32N6O2/c1-4-13-30-20-8-6-7-18(14-20)9-10-24-22(23-5-2)27-11-12-28(21(29)17-27)19-15-25-26(3)16-19/h6-8,14-16H,4-5,9-13,17H2,1-3H3,(H,23,24). The molecule has 1 amide bonds. The summed E-state index contributed by atoms with van der Waals surface area (Å²) in [6.45, 7) is 7.93. The van der Waals surface area contributed by atoms with Gasteiger partial charge in [-0.1, -0.05) is 19.1 Å². The van der Waals surface area contributed by atoms with E-state index >= 15 is 0 Å². The van der Waals surface area contributed by atoms with Crippen molar-refractivity contribution in [3.63, 3.8) is 0 Å². The zero-order chi connectivity index (χ0) is 21.3. The largest absolute Gasteiger partial charge is 0.494 e. The number of anilines is 1. The molecule has 1 aromatic carbocycles.